The number of hydrogen-bond acceptors (Lipinski definition) is 3. The Hall–Kier alpha value is -2.41. The molecule has 0 amide bonds. The van der Waals surface area contributed by atoms with Crippen LogP contribution in [-0.4, -0.2) is 17.4 Å². The topological polar surface area (TPSA) is 37.6 Å². The molecule has 0 bridgehead atoms. The third kappa shape index (κ3) is 5.07. The van der Waals surface area contributed by atoms with E-state index in [2.05, 4.69) is 27.1 Å². The molecular weight excluding hydrogens is 377 g/mol. The van der Waals surface area contributed by atoms with Crippen LogP contribution in [0.25, 0.3) is 0 Å². The molecule has 0 N–H and O–H groups in total. The van der Waals surface area contributed by atoms with Gasteiger partial charge < -0.3 is 4.99 Å². The molecule has 0 saturated carbocycles. The number of pyridine rings is 1. The van der Waals surface area contributed by atoms with Crippen molar-refractivity contribution in [2.75, 3.05) is 0 Å². The van der Waals surface area contributed by atoms with Crippen LogP contribution in [0.3, 0.4) is 0 Å². The third-order valence-corrected chi connectivity index (χ3v) is 2.90. The molecule has 0 aliphatic carbocycles. The van der Waals surface area contributed by atoms with Crippen molar-refractivity contribution in [1.29, 1.82) is 0 Å². The van der Waals surface area contributed by atoms with Gasteiger partial charge in [-0.05, 0) is 24.6 Å². The smallest absolute Gasteiger partial charge is 0.301 e. The summed E-state index contributed by atoms with van der Waals surface area (Å²) in [7, 11) is 0. The van der Waals surface area contributed by atoms with E-state index in [0.29, 0.717) is 11.5 Å². The van der Waals surface area contributed by atoms with Crippen molar-refractivity contribution in [1.82, 2.24) is 4.98 Å². The maximum atomic E-state index is 4.45. The van der Waals surface area contributed by atoms with Crippen LogP contribution in [0.1, 0.15) is 11.1 Å². The first-order valence-corrected chi connectivity index (χ1v) is 6.88. The van der Waals surface area contributed by atoms with E-state index in [1.165, 1.54) is 0 Å². The number of benzene rings is 2. The largest absolute Gasteiger partial charge is 2.00 e. The number of aromatic nitrogens is 1. The Bertz CT molecular complexity index is 715. The molecule has 3 rings (SSSR count). The maximum absolute atomic E-state index is 4.45. The Balaban J connectivity index is 0.00000192. The summed E-state index contributed by atoms with van der Waals surface area (Å²) in [6.07, 6.45) is 5.19. The molecule has 0 radical (unpaired) electrons. The Morgan fingerprint density at radius 2 is 1.43 bits per heavy atom. The molecule has 0 unspecified atom stereocenters. The molecule has 0 aliphatic rings. The number of nitrogens with zero attached hydrogens (tertiary/aromatic N) is 3. The van der Waals surface area contributed by atoms with Gasteiger partial charge in [-0.3, -0.25) is 4.99 Å². The average Bonchev–Trinajstić information content (AvgIpc) is 2.61. The van der Waals surface area contributed by atoms with Crippen molar-refractivity contribution in [2.45, 2.75) is 0 Å². The van der Waals surface area contributed by atoms with Gasteiger partial charge in [0.2, 0.25) is 0 Å². The molecule has 4 heteroatoms. The molecule has 0 aliphatic heterocycles. The van der Waals surface area contributed by atoms with E-state index in [4.69, 9.17) is 0 Å². The summed E-state index contributed by atoms with van der Waals surface area (Å²) in [6.45, 7) is 0. The van der Waals surface area contributed by atoms with Gasteiger partial charge in [-0.25, -0.2) is 4.98 Å². The van der Waals surface area contributed by atoms with Gasteiger partial charge in [0.15, 0.2) is 5.82 Å². The second kappa shape index (κ2) is 8.90. The minimum Gasteiger partial charge on any atom is -0.301 e. The first-order valence-electron chi connectivity index (χ1n) is 6.88. The quantitative estimate of drug-likeness (QED) is 0.375. The van der Waals surface area contributed by atoms with Gasteiger partial charge >= 0.3 is 20.4 Å². The van der Waals surface area contributed by atoms with Crippen molar-refractivity contribution < 1.29 is 20.4 Å². The van der Waals surface area contributed by atoms with Gasteiger partial charge in [-0.1, -0.05) is 0 Å². The van der Waals surface area contributed by atoms with Crippen LogP contribution in [0.5, 0.6) is 0 Å². The monoisotopic (exact) mass is 389 g/mol. The van der Waals surface area contributed by atoms with Gasteiger partial charge in [0.05, 0.1) is 5.69 Å². The zero-order chi connectivity index (χ0) is 15.0. The summed E-state index contributed by atoms with van der Waals surface area (Å²) in [5, 5.41) is 0. The fraction of sp³-hybridized carbons (Fsp3) is 0. The number of aliphatic imine (C=N–C) groups is 2. The van der Waals surface area contributed by atoms with Gasteiger partial charge in [-0.15, -0.1) is 71.8 Å². The molecule has 3 nitrogen and oxygen atoms in total. The Labute approximate surface area is 149 Å². The minimum atomic E-state index is 0. The molecule has 0 saturated heterocycles. The summed E-state index contributed by atoms with van der Waals surface area (Å²) in [6, 6.07) is 25.3. The molecule has 3 aromatic rings. The van der Waals surface area contributed by atoms with Crippen LogP contribution in [0.2, 0.25) is 0 Å². The van der Waals surface area contributed by atoms with Crippen LogP contribution < -0.4 is 0 Å². The summed E-state index contributed by atoms with van der Waals surface area (Å²) in [5.74, 6) is 0.576. The zero-order valence-corrected chi connectivity index (χ0v) is 13.7. The van der Waals surface area contributed by atoms with E-state index >= 15 is 0 Å². The molecular formula is C19H13N3Pd. The van der Waals surface area contributed by atoms with Crippen molar-refractivity contribution in [3.05, 3.63) is 90.1 Å². The Kier molecular flexibility index (Phi) is 6.56. The number of hydrogen-bond donors (Lipinski definition) is 0. The predicted molar refractivity (Wildman–Crippen MR) is 89.3 cm³/mol. The first-order chi connectivity index (χ1) is 10.9. The molecule has 0 fully saturated rings. The SMILES string of the molecule is [Pd+2].[c-]1ccccc1C=Nc1cccnc1/N=C/c1[c-]cccc1. The molecule has 0 spiro atoms. The Morgan fingerprint density at radius 3 is 2.04 bits per heavy atom. The van der Waals surface area contributed by atoms with Gasteiger partial charge in [0.1, 0.15) is 0 Å². The predicted octanol–water partition coefficient (Wildman–Crippen LogP) is 4.18. The average molecular weight is 390 g/mol. The van der Waals surface area contributed by atoms with Gasteiger partial charge in [-0.2, -0.15) is 0 Å². The van der Waals surface area contributed by atoms with Crippen LogP contribution in [0.15, 0.2) is 76.8 Å². The second-order valence-electron chi connectivity index (χ2n) is 4.50. The summed E-state index contributed by atoms with van der Waals surface area (Å²) < 4.78 is 0. The molecule has 23 heavy (non-hydrogen) atoms. The van der Waals surface area contributed by atoms with E-state index in [9.17, 15) is 0 Å². The van der Waals surface area contributed by atoms with E-state index in [-0.39, 0.29) is 20.4 Å². The minimum absolute atomic E-state index is 0. The van der Waals surface area contributed by atoms with Crippen LogP contribution in [-0.2, 0) is 20.4 Å². The standard InChI is InChI=1S/C19H13N3.Pd/c1-3-8-16(9-4-1)14-21-18-12-7-13-20-19(18)22-15-17-10-5-2-6-11-17;/h1-8,10,12-15H;/q-2;+2/b21-14?,22-15+;. The van der Waals surface area contributed by atoms with Gasteiger partial charge in [0, 0.05) is 6.20 Å². The van der Waals surface area contributed by atoms with E-state index in [1.807, 2.05) is 60.7 Å². The van der Waals surface area contributed by atoms with Crippen molar-refractivity contribution >= 4 is 23.9 Å². The van der Waals surface area contributed by atoms with Gasteiger partial charge in [0.25, 0.3) is 0 Å². The van der Waals surface area contributed by atoms with Crippen LogP contribution >= 0.6 is 0 Å². The van der Waals surface area contributed by atoms with Crippen molar-refractivity contribution in [3.8, 4) is 0 Å². The van der Waals surface area contributed by atoms with Crippen molar-refractivity contribution in [3.63, 3.8) is 0 Å². The second-order valence-corrected chi connectivity index (χ2v) is 4.50. The first kappa shape index (κ1) is 17.0. The third-order valence-electron chi connectivity index (χ3n) is 2.90. The fourth-order valence-corrected chi connectivity index (χ4v) is 1.83. The van der Waals surface area contributed by atoms with Crippen LogP contribution in [0, 0.1) is 12.1 Å². The molecule has 1 heterocycles. The molecule has 1 aromatic heterocycles. The fourth-order valence-electron chi connectivity index (χ4n) is 1.83. The number of rotatable bonds is 4. The van der Waals surface area contributed by atoms with E-state index in [0.717, 1.165) is 11.1 Å². The van der Waals surface area contributed by atoms with E-state index < -0.39 is 0 Å². The van der Waals surface area contributed by atoms with Crippen molar-refractivity contribution in [2.24, 2.45) is 9.98 Å². The van der Waals surface area contributed by atoms with Crippen LogP contribution in [0.4, 0.5) is 11.5 Å². The zero-order valence-electron chi connectivity index (χ0n) is 12.2. The molecule has 114 valence electrons. The summed E-state index contributed by atoms with van der Waals surface area (Å²) in [5.41, 5.74) is 2.53. The molecule has 0 atom stereocenters. The normalized spacial score (nSPS) is 10.8. The Morgan fingerprint density at radius 1 is 0.783 bits per heavy atom. The summed E-state index contributed by atoms with van der Waals surface area (Å²) >= 11 is 0. The maximum Gasteiger partial charge on any atom is 2.00 e. The molecule has 2 aromatic carbocycles. The summed E-state index contributed by atoms with van der Waals surface area (Å²) in [4.78, 5) is 13.1. The van der Waals surface area contributed by atoms with E-state index in [1.54, 1.807) is 18.6 Å².